The zero-order chi connectivity index (χ0) is 39.1. The molecular weight excluding hydrogens is 685 g/mol. The third-order valence-corrected chi connectivity index (χ3v) is 24.0. The van der Waals surface area contributed by atoms with Crippen molar-refractivity contribution in [3.63, 3.8) is 0 Å². The van der Waals surface area contributed by atoms with Crippen LogP contribution in [0.25, 0.3) is 0 Å². The Balaban J connectivity index is 1.57. The first kappa shape index (κ1) is 43.5. The van der Waals surface area contributed by atoms with Gasteiger partial charge < -0.3 is 13.3 Å². The van der Waals surface area contributed by atoms with E-state index in [1.165, 1.54) is 43.2 Å². The van der Waals surface area contributed by atoms with Crippen LogP contribution >= 0.6 is 0 Å². The van der Waals surface area contributed by atoms with Crippen LogP contribution in [0.1, 0.15) is 132 Å². The van der Waals surface area contributed by atoms with E-state index in [1.54, 1.807) is 5.57 Å². The average Bonchev–Trinajstić information content (AvgIpc) is 3.33. The summed E-state index contributed by atoms with van der Waals surface area (Å²) in [6.45, 7) is 40.0. The first-order chi connectivity index (χ1) is 23.7. The molecule has 0 radical (unpaired) electrons. The molecule has 3 aliphatic carbocycles. The molecule has 3 nitrogen and oxygen atoms in total. The van der Waals surface area contributed by atoms with Crippen LogP contribution in [-0.2, 0) is 18.9 Å². The van der Waals surface area contributed by atoms with Gasteiger partial charge in [-0.05, 0) is 150 Å². The third kappa shape index (κ3) is 10.3. The predicted octanol–water partition coefficient (Wildman–Crippen LogP) is 13.8. The molecular formula is C46H78O3Si3. The lowest BCUT2D eigenvalue weighted by Crippen LogP contribution is -2.48. The molecule has 52 heavy (non-hydrogen) atoms. The molecule has 3 saturated carbocycles. The second-order valence-electron chi connectivity index (χ2n) is 21.6. The van der Waals surface area contributed by atoms with E-state index < -0.39 is 25.0 Å². The van der Waals surface area contributed by atoms with E-state index in [0.29, 0.717) is 23.2 Å². The van der Waals surface area contributed by atoms with Crippen molar-refractivity contribution in [2.45, 2.75) is 194 Å². The summed E-state index contributed by atoms with van der Waals surface area (Å²) in [6.07, 6.45) is 15.0. The van der Waals surface area contributed by atoms with Gasteiger partial charge in [0.15, 0.2) is 25.0 Å². The molecule has 1 aromatic carbocycles. The van der Waals surface area contributed by atoms with Gasteiger partial charge in [-0.15, -0.1) is 0 Å². The van der Waals surface area contributed by atoms with Crippen molar-refractivity contribution >= 4 is 25.0 Å². The molecule has 0 aliphatic heterocycles. The molecule has 6 atom stereocenters. The van der Waals surface area contributed by atoms with Crippen LogP contribution in [0.5, 0.6) is 0 Å². The smallest absolute Gasteiger partial charge is 0.192 e. The zero-order valence-electron chi connectivity index (χ0n) is 36.7. The van der Waals surface area contributed by atoms with E-state index >= 15 is 0 Å². The highest BCUT2D eigenvalue weighted by atomic mass is 28.4. The topological polar surface area (TPSA) is 27.7 Å². The lowest BCUT2D eigenvalue weighted by atomic mass is 9.61. The minimum Gasteiger partial charge on any atom is -0.414 e. The SMILES string of the molecule is C[C@H](C#Cc1ccccc1C(C)(C)O[Si](C)(C)C)[C@H]1CC[C@H]2/C(=C/C=C3C[C@@H](O[Si](C)(C)C(C)(C)C)C[C@H](O[Si](C)(C)C(C)(C)C)C3)CCC[C@]12C. The molecule has 0 heterocycles. The van der Waals surface area contributed by atoms with Crippen LogP contribution in [0.2, 0.25) is 55.9 Å². The minimum absolute atomic E-state index is 0.196. The summed E-state index contributed by atoms with van der Waals surface area (Å²) in [5.41, 5.74) is 5.46. The van der Waals surface area contributed by atoms with Gasteiger partial charge >= 0.3 is 0 Å². The van der Waals surface area contributed by atoms with E-state index in [4.69, 9.17) is 13.3 Å². The Labute approximate surface area is 324 Å². The van der Waals surface area contributed by atoms with Crippen molar-refractivity contribution in [2.24, 2.45) is 23.2 Å². The van der Waals surface area contributed by atoms with Crippen LogP contribution in [0.4, 0.5) is 0 Å². The molecule has 292 valence electrons. The molecule has 0 unspecified atom stereocenters. The summed E-state index contributed by atoms with van der Waals surface area (Å²) in [4.78, 5) is 0. The van der Waals surface area contributed by atoms with Crippen molar-refractivity contribution in [2.75, 3.05) is 0 Å². The van der Waals surface area contributed by atoms with Gasteiger partial charge in [0.2, 0.25) is 0 Å². The van der Waals surface area contributed by atoms with E-state index in [0.717, 1.165) is 24.8 Å². The molecule has 6 heteroatoms. The fraction of sp³-hybridized carbons (Fsp3) is 0.739. The van der Waals surface area contributed by atoms with Crippen LogP contribution in [-0.4, -0.2) is 37.2 Å². The van der Waals surface area contributed by atoms with Gasteiger partial charge in [-0.3, -0.25) is 0 Å². The maximum atomic E-state index is 7.12. The number of benzene rings is 1. The largest absolute Gasteiger partial charge is 0.414 e. The molecule has 0 bridgehead atoms. The van der Waals surface area contributed by atoms with Crippen molar-refractivity contribution in [1.82, 2.24) is 0 Å². The van der Waals surface area contributed by atoms with Gasteiger partial charge in [0.25, 0.3) is 0 Å². The fourth-order valence-corrected chi connectivity index (χ4v) is 13.6. The highest BCUT2D eigenvalue weighted by Gasteiger charge is 2.51. The van der Waals surface area contributed by atoms with E-state index in [1.807, 2.05) is 0 Å². The standard InChI is InChI=1S/C46H78O3Si3/c1-34(24-26-36-21-18-19-23-41(36)45(8,9)49-50(11,12)13)40-28-29-42-37(22-20-30-46(40,42)10)27-25-35-31-38(47-51(14,15)43(2,3)4)33-39(32-35)48-52(16,17)44(5,6)7/h18-19,21,23,25,27,34,38-40,42H,20,22,28-33H2,1-17H3/b37-27+/t34-,38-,39-,40-,42+,46-/m1/s1. The Morgan fingerprint density at radius 2 is 1.37 bits per heavy atom. The Kier molecular flexibility index (Phi) is 13.2. The average molecular weight is 763 g/mol. The quantitative estimate of drug-likeness (QED) is 0.185. The number of rotatable bonds is 9. The summed E-state index contributed by atoms with van der Waals surface area (Å²) < 4.78 is 20.9. The van der Waals surface area contributed by atoms with Gasteiger partial charge in [0, 0.05) is 11.5 Å². The monoisotopic (exact) mass is 763 g/mol. The van der Waals surface area contributed by atoms with E-state index in [-0.39, 0.29) is 27.9 Å². The van der Waals surface area contributed by atoms with Gasteiger partial charge in [-0.25, -0.2) is 0 Å². The number of allylic oxidation sites excluding steroid dienone is 3. The number of fused-ring (bicyclic) bond motifs is 1. The van der Waals surface area contributed by atoms with Gasteiger partial charge in [-0.2, -0.15) is 0 Å². The van der Waals surface area contributed by atoms with Gasteiger partial charge in [0.05, 0.1) is 17.8 Å². The molecule has 0 amide bonds. The molecule has 4 rings (SSSR count). The summed E-state index contributed by atoms with van der Waals surface area (Å²) in [6, 6.07) is 8.65. The Hall–Kier alpha value is -1.21. The highest BCUT2D eigenvalue weighted by molar-refractivity contribution is 6.74. The Bertz CT molecular complexity index is 1480. The zero-order valence-corrected chi connectivity index (χ0v) is 39.7. The minimum atomic E-state index is -1.90. The van der Waals surface area contributed by atoms with Crippen molar-refractivity contribution in [1.29, 1.82) is 0 Å². The van der Waals surface area contributed by atoms with Crippen molar-refractivity contribution in [3.8, 4) is 11.8 Å². The maximum absolute atomic E-state index is 7.12. The fourth-order valence-electron chi connectivity index (χ4n) is 9.19. The summed E-state index contributed by atoms with van der Waals surface area (Å²) >= 11 is 0. The molecule has 3 fully saturated rings. The van der Waals surface area contributed by atoms with Crippen molar-refractivity contribution < 1.29 is 13.3 Å². The van der Waals surface area contributed by atoms with E-state index in [9.17, 15) is 0 Å². The Morgan fingerprint density at radius 1 is 0.808 bits per heavy atom. The van der Waals surface area contributed by atoms with Crippen LogP contribution in [0, 0.1) is 35.0 Å². The molecule has 0 spiro atoms. The van der Waals surface area contributed by atoms with Gasteiger partial charge in [-0.1, -0.05) is 109 Å². The van der Waals surface area contributed by atoms with Gasteiger partial charge in [0.1, 0.15) is 0 Å². The first-order valence-electron chi connectivity index (χ1n) is 20.7. The van der Waals surface area contributed by atoms with Crippen LogP contribution in [0.15, 0.2) is 47.6 Å². The van der Waals surface area contributed by atoms with Crippen LogP contribution in [0.3, 0.4) is 0 Å². The van der Waals surface area contributed by atoms with E-state index in [2.05, 4.69) is 163 Å². The molecule has 0 aromatic heterocycles. The second-order valence-corrected chi connectivity index (χ2v) is 35.6. The maximum Gasteiger partial charge on any atom is 0.192 e. The summed E-state index contributed by atoms with van der Waals surface area (Å²) in [5.74, 6) is 9.07. The Morgan fingerprint density at radius 3 is 1.90 bits per heavy atom. The number of hydrogen-bond acceptors (Lipinski definition) is 3. The molecule has 3 aliphatic rings. The summed E-state index contributed by atoms with van der Waals surface area (Å²) in [5, 5.41) is 0.391. The first-order valence-corrected chi connectivity index (χ1v) is 29.9. The van der Waals surface area contributed by atoms with Crippen molar-refractivity contribution in [3.05, 3.63) is 58.7 Å². The normalized spacial score (nSPS) is 27.9. The molecule has 0 saturated heterocycles. The lowest BCUT2D eigenvalue weighted by molar-refractivity contribution is 0.0725. The molecule has 1 aromatic rings. The molecule has 0 N–H and O–H groups in total. The second kappa shape index (κ2) is 15.7. The number of hydrogen-bond donors (Lipinski definition) is 0. The third-order valence-electron chi connectivity index (χ3n) is 13.8. The predicted molar refractivity (Wildman–Crippen MR) is 232 cm³/mol. The summed E-state index contributed by atoms with van der Waals surface area (Å²) in [7, 11) is -5.53. The highest BCUT2D eigenvalue weighted by Crippen LogP contribution is 2.59. The van der Waals surface area contributed by atoms with Crippen LogP contribution < -0.4 is 0 Å². The lowest BCUT2D eigenvalue weighted by Gasteiger charge is -2.45.